The Labute approximate surface area is 132 Å². The molecule has 0 saturated heterocycles. The summed E-state index contributed by atoms with van der Waals surface area (Å²) in [5.41, 5.74) is 1.04. The van der Waals surface area contributed by atoms with Gasteiger partial charge < -0.3 is 4.74 Å². The van der Waals surface area contributed by atoms with Gasteiger partial charge in [-0.25, -0.2) is 0 Å². The first kappa shape index (κ1) is 16.5. The first-order valence-corrected chi connectivity index (χ1v) is 8.07. The molecule has 1 aliphatic rings. The van der Waals surface area contributed by atoms with Crippen LogP contribution in [-0.2, 0) is 16.1 Å². The van der Waals surface area contributed by atoms with E-state index in [0.29, 0.717) is 12.5 Å². The third-order valence-corrected chi connectivity index (χ3v) is 4.58. The first-order chi connectivity index (χ1) is 10.7. The molecular formula is C18H24N2O2. The molecule has 1 fully saturated rings. The Balaban J connectivity index is 2.01. The number of nitrogens with one attached hydrogen (secondary N) is 1. The van der Waals surface area contributed by atoms with Gasteiger partial charge in [0, 0.05) is 0 Å². The van der Waals surface area contributed by atoms with Crippen LogP contribution in [0.4, 0.5) is 0 Å². The molecule has 4 nitrogen and oxygen atoms in total. The zero-order chi connectivity index (χ0) is 15.8. The summed E-state index contributed by atoms with van der Waals surface area (Å²) < 4.78 is 5.89. The molecule has 4 heteroatoms. The predicted octanol–water partition coefficient (Wildman–Crippen LogP) is 3.39. The Morgan fingerprint density at radius 1 is 1.32 bits per heavy atom. The minimum Gasteiger partial charge on any atom is -0.363 e. The van der Waals surface area contributed by atoms with Crippen molar-refractivity contribution >= 4 is 5.91 Å². The summed E-state index contributed by atoms with van der Waals surface area (Å²) in [5.74, 6) is 0.299. The maximum atomic E-state index is 12.2. The van der Waals surface area contributed by atoms with Crippen LogP contribution in [0.25, 0.3) is 0 Å². The lowest BCUT2D eigenvalue weighted by molar-refractivity contribution is -0.138. The number of benzene rings is 1. The topological polar surface area (TPSA) is 62.1 Å². The predicted molar refractivity (Wildman–Crippen MR) is 84.5 cm³/mol. The smallest absolute Gasteiger partial charge is 0.262 e. The lowest BCUT2D eigenvalue weighted by Crippen LogP contribution is -2.41. The Kier molecular flexibility index (Phi) is 6.42. The van der Waals surface area contributed by atoms with Crippen LogP contribution in [0.3, 0.4) is 0 Å². The van der Waals surface area contributed by atoms with Gasteiger partial charge in [-0.1, -0.05) is 69.4 Å². The number of rotatable bonds is 6. The zero-order valence-corrected chi connectivity index (χ0v) is 13.1. The van der Waals surface area contributed by atoms with E-state index >= 15 is 0 Å². The minimum atomic E-state index is -0.567. The number of amides is 1. The second-order valence-corrected chi connectivity index (χ2v) is 6.08. The van der Waals surface area contributed by atoms with Gasteiger partial charge in [0.1, 0.15) is 6.10 Å². The van der Waals surface area contributed by atoms with Gasteiger partial charge in [-0.2, -0.15) is 5.26 Å². The summed E-state index contributed by atoms with van der Waals surface area (Å²) in [7, 11) is 0. The molecule has 1 N–H and O–H groups in total. The van der Waals surface area contributed by atoms with Crippen molar-refractivity contribution in [3.63, 3.8) is 0 Å². The van der Waals surface area contributed by atoms with E-state index in [4.69, 9.17) is 10.00 Å². The number of carbonyl (C=O) groups excluding carboxylic acids is 1. The standard InChI is InChI=1S/C18H24N2O2/c1-14(16-10-6-3-7-11-16)17(18(21)20-13-19)22-12-15-8-4-2-5-9-15/h2,4-5,8-9,14,16-17H,3,6-7,10-12H2,1H3,(H,20,21). The van der Waals surface area contributed by atoms with E-state index in [0.717, 1.165) is 18.4 Å². The Morgan fingerprint density at radius 2 is 2.00 bits per heavy atom. The number of hydrogen-bond donors (Lipinski definition) is 1. The monoisotopic (exact) mass is 300 g/mol. The number of nitrogens with zero attached hydrogens (tertiary/aromatic N) is 1. The maximum absolute atomic E-state index is 12.2. The zero-order valence-electron chi connectivity index (χ0n) is 13.1. The average molecular weight is 300 g/mol. The van der Waals surface area contributed by atoms with Crippen LogP contribution < -0.4 is 5.32 Å². The lowest BCUT2D eigenvalue weighted by atomic mass is 9.78. The molecule has 1 aromatic rings. The molecule has 2 atom stereocenters. The van der Waals surface area contributed by atoms with Gasteiger partial charge in [0.25, 0.3) is 5.91 Å². The summed E-state index contributed by atoms with van der Waals surface area (Å²) in [6, 6.07) is 9.81. The summed E-state index contributed by atoms with van der Waals surface area (Å²) in [5, 5.41) is 11.0. The van der Waals surface area contributed by atoms with E-state index in [1.165, 1.54) is 19.3 Å². The van der Waals surface area contributed by atoms with Crippen LogP contribution in [0.5, 0.6) is 0 Å². The molecular weight excluding hydrogens is 276 g/mol. The van der Waals surface area contributed by atoms with Gasteiger partial charge in [0.05, 0.1) is 6.61 Å². The summed E-state index contributed by atoms with van der Waals surface area (Å²) >= 11 is 0. The van der Waals surface area contributed by atoms with Crippen molar-refractivity contribution in [3.8, 4) is 6.19 Å². The van der Waals surface area contributed by atoms with E-state index < -0.39 is 6.10 Å². The first-order valence-electron chi connectivity index (χ1n) is 8.07. The number of nitriles is 1. The maximum Gasteiger partial charge on any atom is 0.262 e. The fourth-order valence-corrected chi connectivity index (χ4v) is 3.26. The van der Waals surface area contributed by atoms with Crippen LogP contribution in [0.2, 0.25) is 0 Å². The molecule has 1 saturated carbocycles. The quantitative estimate of drug-likeness (QED) is 0.647. The molecule has 0 aliphatic heterocycles. The van der Waals surface area contributed by atoms with Gasteiger partial charge in [-0.3, -0.25) is 10.1 Å². The third-order valence-electron chi connectivity index (χ3n) is 4.58. The van der Waals surface area contributed by atoms with Crippen molar-refractivity contribution in [2.24, 2.45) is 11.8 Å². The fourth-order valence-electron chi connectivity index (χ4n) is 3.26. The van der Waals surface area contributed by atoms with Gasteiger partial charge in [-0.05, 0) is 17.4 Å². The molecule has 0 spiro atoms. The van der Waals surface area contributed by atoms with Crippen molar-refractivity contribution in [3.05, 3.63) is 35.9 Å². The molecule has 0 aromatic heterocycles. The SMILES string of the molecule is CC(C1CCCCC1)C(OCc1ccccc1)C(=O)NC#N. The van der Waals surface area contributed by atoms with Gasteiger partial charge in [0.2, 0.25) is 0 Å². The van der Waals surface area contributed by atoms with E-state index in [-0.39, 0.29) is 11.8 Å². The molecule has 0 heterocycles. The average Bonchev–Trinajstić information content (AvgIpc) is 2.57. The van der Waals surface area contributed by atoms with Crippen LogP contribution in [0.1, 0.15) is 44.6 Å². The largest absolute Gasteiger partial charge is 0.363 e. The Bertz CT molecular complexity index is 504. The molecule has 0 radical (unpaired) electrons. The minimum absolute atomic E-state index is 0.123. The molecule has 1 aliphatic carbocycles. The van der Waals surface area contributed by atoms with Crippen LogP contribution >= 0.6 is 0 Å². The van der Waals surface area contributed by atoms with Crippen molar-refractivity contribution in [1.29, 1.82) is 5.26 Å². The normalized spacial score (nSPS) is 18.2. The molecule has 1 aromatic carbocycles. The van der Waals surface area contributed by atoms with E-state index in [2.05, 4.69) is 12.2 Å². The highest BCUT2D eigenvalue weighted by molar-refractivity contribution is 5.82. The third kappa shape index (κ3) is 4.57. The lowest BCUT2D eigenvalue weighted by Gasteiger charge is -2.32. The van der Waals surface area contributed by atoms with Crippen molar-refractivity contribution in [2.75, 3.05) is 0 Å². The Morgan fingerprint density at radius 3 is 2.64 bits per heavy atom. The highest BCUT2D eigenvalue weighted by Gasteiger charge is 2.32. The summed E-state index contributed by atoms with van der Waals surface area (Å²) in [6.45, 7) is 2.46. The fraction of sp³-hybridized carbons (Fsp3) is 0.556. The Hall–Kier alpha value is -1.86. The van der Waals surface area contributed by atoms with E-state index in [1.807, 2.05) is 30.3 Å². The molecule has 1 amide bonds. The molecule has 0 bridgehead atoms. The van der Waals surface area contributed by atoms with Gasteiger partial charge in [0.15, 0.2) is 6.19 Å². The van der Waals surface area contributed by atoms with Crippen LogP contribution in [0.15, 0.2) is 30.3 Å². The molecule has 2 rings (SSSR count). The second kappa shape index (κ2) is 8.55. The number of hydrogen-bond acceptors (Lipinski definition) is 3. The van der Waals surface area contributed by atoms with Crippen molar-refractivity contribution in [1.82, 2.24) is 5.32 Å². The number of ether oxygens (including phenoxy) is 1. The van der Waals surface area contributed by atoms with Crippen molar-refractivity contribution < 1.29 is 9.53 Å². The molecule has 2 unspecified atom stereocenters. The van der Waals surface area contributed by atoms with Gasteiger partial charge in [-0.15, -0.1) is 0 Å². The van der Waals surface area contributed by atoms with Crippen molar-refractivity contribution in [2.45, 2.75) is 51.7 Å². The summed E-state index contributed by atoms with van der Waals surface area (Å²) in [6.07, 6.45) is 7.17. The molecule has 118 valence electrons. The van der Waals surface area contributed by atoms with Gasteiger partial charge >= 0.3 is 0 Å². The highest BCUT2D eigenvalue weighted by atomic mass is 16.5. The van der Waals surface area contributed by atoms with Crippen LogP contribution in [0, 0.1) is 23.3 Å². The highest BCUT2D eigenvalue weighted by Crippen LogP contribution is 2.32. The van der Waals surface area contributed by atoms with E-state index in [9.17, 15) is 4.79 Å². The summed E-state index contributed by atoms with van der Waals surface area (Å²) in [4.78, 5) is 12.2. The van der Waals surface area contributed by atoms with E-state index in [1.54, 1.807) is 6.19 Å². The molecule has 22 heavy (non-hydrogen) atoms. The number of carbonyl (C=O) groups is 1. The van der Waals surface area contributed by atoms with Crippen LogP contribution in [-0.4, -0.2) is 12.0 Å². The second-order valence-electron chi connectivity index (χ2n) is 6.08.